The van der Waals surface area contributed by atoms with E-state index in [2.05, 4.69) is 0 Å². The van der Waals surface area contributed by atoms with E-state index < -0.39 is 53.5 Å². The molecule has 3 amide bonds. The van der Waals surface area contributed by atoms with Crippen LogP contribution >= 0.6 is 11.8 Å². The van der Waals surface area contributed by atoms with E-state index in [4.69, 9.17) is 14.5 Å². The lowest BCUT2D eigenvalue weighted by atomic mass is 9.81. The van der Waals surface area contributed by atoms with Crippen molar-refractivity contribution in [1.82, 2.24) is 14.7 Å². The van der Waals surface area contributed by atoms with Gasteiger partial charge in [-0.2, -0.15) is 0 Å². The number of aliphatic imine (C=N–C) groups is 1. The Hall–Kier alpha value is -3.71. The van der Waals surface area contributed by atoms with Gasteiger partial charge in [0.05, 0.1) is 24.3 Å². The number of cyclic esters (lactones) is 1. The molecule has 0 saturated carbocycles. The van der Waals surface area contributed by atoms with Crippen LogP contribution in [0, 0.1) is 23.2 Å². The molecule has 13 heteroatoms. The number of benzene rings is 1. The summed E-state index contributed by atoms with van der Waals surface area (Å²) in [4.78, 5) is 78.9. The highest BCUT2D eigenvalue weighted by Gasteiger charge is 2.42. The van der Waals surface area contributed by atoms with E-state index in [0.29, 0.717) is 49.3 Å². The molecule has 0 radical (unpaired) electrons. The predicted molar refractivity (Wildman–Crippen MR) is 219 cm³/mol. The number of hydrogen-bond donors (Lipinski definition) is 1. The van der Waals surface area contributed by atoms with Crippen molar-refractivity contribution in [3.05, 3.63) is 41.5 Å². The highest BCUT2D eigenvalue weighted by molar-refractivity contribution is 8.14. The zero-order valence-corrected chi connectivity index (χ0v) is 36.1. The van der Waals surface area contributed by atoms with E-state index in [-0.39, 0.29) is 48.3 Å². The third-order valence-electron chi connectivity index (χ3n) is 11.8. The van der Waals surface area contributed by atoms with Crippen LogP contribution in [-0.2, 0) is 35.1 Å². The average Bonchev–Trinajstić information content (AvgIpc) is 3.85. The first-order chi connectivity index (χ1) is 26.2. The van der Waals surface area contributed by atoms with Crippen molar-refractivity contribution in [2.75, 3.05) is 33.5 Å². The highest BCUT2D eigenvalue weighted by Crippen LogP contribution is 2.34. The van der Waals surface area contributed by atoms with Gasteiger partial charge >= 0.3 is 5.97 Å². The van der Waals surface area contributed by atoms with Crippen LogP contribution in [0.15, 0.2) is 40.9 Å². The van der Waals surface area contributed by atoms with Crippen molar-refractivity contribution >= 4 is 46.3 Å². The van der Waals surface area contributed by atoms with Crippen molar-refractivity contribution in [2.45, 2.75) is 130 Å². The molecular formula is C43H64N4O8S. The summed E-state index contributed by atoms with van der Waals surface area (Å²) in [6.45, 7) is 15.4. The Morgan fingerprint density at radius 2 is 1.55 bits per heavy atom. The Balaban J connectivity index is 1.68. The van der Waals surface area contributed by atoms with Gasteiger partial charge in [-0.15, -0.1) is 11.8 Å². The Bertz CT molecular complexity index is 1660. The first kappa shape index (κ1) is 45.0. The number of rotatable bonds is 3. The zero-order valence-electron chi connectivity index (χ0n) is 35.2. The van der Waals surface area contributed by atoms with Gasteiger partial charge < -0.3 is 29.3 Å². The van der Waals surface area contributed by atoms with Crippen LogP contribution in [0.4, 0.5) is 0 Å². The van der Waals surface area contributed by atoms with Crippen LogP contribution in [0.5, 0.6) is 5.75 Å². The lowest BCUT2D eigenvalue weighted by Crippen LogP contribution is -2.55. The number of nitrogens with zero attached hydrogens (tertiary/aromatic N) is 4. The molecule has 3 aliphatic rings. The van der Waals surface area contributed by atoms with Crippen LogP contribution in [0.1, 0.15) is 93.1 Å². The summed E-state index contributed by atoms with van der Waals surface area (Å²) in [6, 6.07) is 4.42. The lowest BCUT2D eigenvalue weighted by molar-refractivity contribution is -0.165. The van der Waals surface area contributed by atoms with Gasteiger partial charge in [0.25, 0.3) is 0 Å². The number of carbonyl (C=O) groups excluding carboxylic acids is 5. The number of carbonyl (C=O) groups is 5. The minimum atomic E-state index is -0.947. The summed E-state index contributed by atoms with van der Waals surface area (Å²) in [6.07, 6.45) is 2.97. The number of likely N-dealkylation sites (N-methyl/N-ethyl adjacent to an activating group) is 2. The molecule has 0 aliphatic carbocycles. The van der Waals surface area contributed by atoms with Gasteiger partial charge in [0, 0.05) is 44.6 Å². The van der Waals surface area contributed by atoms with E-state index in [1.165, 1.54) is 21.7 Å². The third kappa shape index (κ3) is 11.0. The van der Waals surface area contributed by atoms with Gasteiger partial charge in [-0.05, 0) is 87.5 Å². The normalized spacial score (nSPS) is 32.2. The lowest BCUT2D eigenvalue weighted by Gasteiger charge is -2.36. The summed E-state index contributed by atoms with van der Waals surface area (Å²) in [7, 11) is 4.65. The van der Waals surface area contributed by atoms with E-state index >= 15 is 0 Å². The van der Waals surface area contributed by atoms with Gasteiger partial charge in [-0.3, -0.25) is 24.2 Å². The summed E-state index contributed by atoms with van der Waals surface area (Å²) in [5.74, 6) is -1.53. The van der Waals surface area contributed by atoms with Gasteiger partial charge in [0.2, 0.25) is 17.7 Å². The Morgan fingerprint density at radius 1 is 0.929 bits per heavy atom. The summed E-state index contributed by atoms with van der Waals surface area (Å²) >= 11 is 1.58. The minimum Gasteiger partial charge on any atom is -0.497 e. The SMILES string of the molecule is COc1ccc(C[C@@H]2CC(=O)/C(C)=C/[C@H]3CSC(=N3)[C@@H](C)[C@@H](O)C[C@H](C)C[C@@H](C(C)(C)C)OC(=O)[C@@H]3CCCN3C(=O)[C@H](C)N(C)C(=O)[C@H](C)N(C)C2=O)cc1. The maximum Gasteiger partial charge on any atom is 0.329 e. The number of Topliss-reactive ketones (excluding diaryl/α,β-unsaturated/α-hetero) is 1. The van der Waals surface area contributed by atoms with Crippen molar-refractivity contribution in [3.8, 4) is 5.75 Å². The van der Waals surface area contributed by atoms with Crippen LogP contribution in [-0.4, -0.2) is 124 Å². The van der Waals surface area contributed by atoms with Crippen molar-refractivity contribution in [1.29, 1.82) is 0 Å². The zero-order chi connectivity index (χ0) is 41.6. The molecule has 3 heterocycles. The molecule has 310 valence electrons. The summed E-state index contributed by atoms with van der Waals surface area (Å²) in [5, 5.41) is 12.2. The van der Waals surface area contributed by atoms with Gasteiger partial charge in [-0.25, -0.2) is 4.79 Å². The van der Waals surface area contributed by atoms with E-state index in [0.717, 1.165) is 10.6 Å². The number of hydrogen-bond acceptors (Lipinski definition) is 10. The van der Waals surface area contributed by atoms with Crippen molar-refractivity contribution < 1.29 is 38.6 Å². The number of methoxy groups -OCH3 is 1. The van der Waals surface area contributed by atoms with Gasteiger partial charge in [0.1, 0.15) is 30.0 Å². The number of fused-ring (bicyclic) bond motifs is 2. The fourth-order valence-electron chi connectivity index (χ4n) is 7.65. The molecule has 3 aliphatic heterocycles. The van der Waals surface area contributed by atoms with Crippen LogP contribution in [0.2, 0.25) is 0 Å². The fourth-order valence-corrected chi connectivity index (χ4v) is 8.80. The molecule has 12 nitrogen and oxygen atoms in total. The predicted octanol–water partition coefficient (Wildman–Crippen LogP) is 5.34. The molecule has 0 spiro atoms. The Kier molecular flexibility index (Phi) is 15.4. The van der Waals surface area contributed by atoms with E-state index in [9.17, 15) is 29.1 Å². The molecule has 4 rings (SSSR count). The first-order valence-corrected chi connectivity index (χ1v) is 21.0. The van der Waals surface area contributed by atoms with E-state index in [1.807, 2.05) is 52.8 Å². The number of aliphatic hydroxyl groups is 1. The monoisotopic (exact) mass is 796 g/mol. The Morgan fingerprint density at radius 3 is 2.18 bits per heavy atom. The smallest absolute Gasteiger partial charge is 0.329 e. The number of amides is 3. The topological polar surface area (TPSA) is 146 Å². The largest absolute Gasteiger partial charge is 0.497 e. The quantitative estimate of drug-likeness (QED) is 0.401. The van der Waals surface area contributed by atoms with Crippen LogP contribution in [0.25, 0.3) is 0 Å². The highest BCUT2D eigenvalue weighted by atomic mass is 32.2. The molecule has 1 N–H and O–H groups in total. The average molecular weight is 797 g/mol. The second-order valence-corrected chi connectivity index (χ2v) is 18.3. The molecule has 0 aromatic heterocycles. The molecule has 1 saturated heterocycles. The number of esters is 1. The maximum atomic E-state index is 14.3. The van der Waals surface area contributed by atoms with Crippen molar-refractivity contribution in [3.63, 3.8) is 0 Å². The third-order valence-corrected chi connectivity index (χ3v) is 13.1. The molecule has 56 heavy (non-hydrogen) atoms. The standard InChI is InChI=1S/C43H64N4O8S/c1-25-19-36(49)27(3)38-44-32(24-56-38)21-26(2)35(48)23-31(22-30-14-16-33(54-11)17-15-30)41(52)46(10)28(4)39(50)45(9)29(5)40(51)47-18-12-13-34(47)42(53)55-37(20-25)43(6,7)8/h14-17,21,25,27-29,31-32,34,36-37,49H,12-13,18-20,22-24H2,1-11H3/b26-21+/t25-,27-,28-,29-,31+,32-,34-,36-,37-/m0/s1. The van der Waals surface area contributed by atoms with E-state index in [1.54, 1.807) is 58.8 Å². The number of aliphatic hydroxyl groups excluding tert-OH is 1. The molecule has 9 atom stereocenters. The van der Waals surface area contributed by atoms with Crippen molar-refractivity contribution in [2.24, 2.45) is 28.2 Å². The van der Waals surface area contributed by atoms with Gasteiger partial charge in [0.15, 0.2) is 5.78 Å². The molecule has 1 aromatic carbocycles. The molecule has 1 aromatic rings. The maximum absolute atomic E-state index is 14.3. The molecule has 1 fully saturated rings. The second-order valence-electron chi connectivity index (χ2n) is 17.2. The Labute approximate surface area is 337 Å². The first-order valence-electron chi connectivity index (χ1n) is 20.0. The number of allylic oxidation sites excluding steroid dienone is 1. The summed E-state index contributed by atoms with van der Waals surface area (Å²) in [5.41, 5.74) is 0.940. The molecule has 2 bridgehead atoms. The number of ether oxygens (including phenoxy) is 2. The fraction of sp³-hybridized carbons (Fsp3) is 0.674. The van der Waals surface area contributed by atoms with Crippen LogP contribution in [0.3, 0.4) is 0 Å². The van der Waals surface area contributed by atoms with Gasteiger partial charge in [-0.1, -0.05) is 52.8 Å². The second kappa shape index (κ2) is 19.2. The van der Waals surface area contributed by atoms with Crippen LogP contribution < -0.4 is 4.74 Å². The molecule has 0 unspecified atom stereocenters. The summed E-state index contributed by atoms with van der Waals surface area (Å²) < 4.78 is 11.5. The minimum absolute atomic E-state index is 0.0104. The number of ketones is 1. The number of thioether (sulfide) groups is 1. The molecular weight excluding hydrogens is 733 g/mol.